The third-order valence-electron chi connectivity index (χ3n) is 3.63. The van der Waals surface area contributed by atoms with Crippen LogP contribution >= 0.6 is 0 Å². The summed E-state index contributed by atoms with van der Waals surface area (Å²) < 4.78 is 13.1. The highest BCUT2D eigenvalue weighted by molar-refractivity contribution is 5.97. The molecule has 126 valence electrons. The van der Waals surface area contributed by atoms with Crippen molar-refractivity contribution in [3.05, 3.63) is 65.5 Å². The third kappa shape index (κ3) is 4.65. The molecule has 0 radical (unpaired) electrons. The Morgan fingerprint density at radius 1 is 1.04 bits per heavy atom. The predicted octanol–water partition coefficient (Wildman–Crippen LogP) is 3.91. The number of nitrogens with one attached hydrogen (secondary N) is 2. The zero-order valence-corrected chi connectivity index (χ0v) is 14.0. The Kier molecular flexibility index (Phi) is 5.68. The molecule has 24 heavy (non-hydrogen) atoms. The Morgan fingerprint density at radius 2 is 1.71 bits per heavy atom. The van der Waals surface area contributed by atoms with Crippen molar-refractivity contribution >= 4 is 17.5 Å². The van der Waals surface area contributed by atoms with Gasteiger partial charge in [-0.05, 0) is 41.8 Å². The highest BCUT2D eigenvalue weighted by Crippen LogP contribution is 2.23. The second-order valence-electron chi connectivity index (χ2n) is 6.01. The van der Waals surface area contributed by atoms with Crippen molar-refractivity contribution in [3.63, 3.8) is 0 Å². The molecule has 0 heterocycles. The molecule has 0 fully saturated rings. The van der Waals surface area contributed by atoms with E-state index in [0.717, 1.165) is 5.56 Å². The first-order chi connectivity index (χ1) is 11.4. The van der Waals surface area contributed by atoms with E-state index in [1.807, 2.05) is 13.8 Å². The summed E-state index contributed by atoms with van der Waals surface area (Å²) in [4.78, 5) is 23.7. The molecule has 1 atom stereocenters. The number of benzene rings is 2. The van der Waals surface area contributed by atoms with Crippen LogP contribution in [0, 0.1) is 11.7 Å². The first kappa shape index (κ1) is 17.7. The van der Waals surface area contributed by atoms with Gasteiger partial charge in [0.1, 0.15) is 5.82 Å². The Bertz CT molecular complexity index is 726. The molecule has 0 spiro atoms. The minimum Gasteiger partial charge on any atom is -0.345 e. The number of anilines is 1. The van der Waals surface area contributed by atoms with Crippen molar-refractivity contribution in [2.75, 3.05) is 5.32 Å². The third-order valence-corrected chi connectivity index (χ3v) is 3.63. The van der Waals surface area contributed by atoms with E-state index in [1.54, 1.807) is 36.4 Å². The van der Waals surface area contributed by atoms with Crippen molar-refractivity contribution < 1.29 is 14.0 Å². The average molecular weight is 328 g/mol. The fraction of sp³-hybridized carbons (Fsp3) is 0.263. The molecule has 2 N–H and O–H groups in total. The van der Waals surface area contributed by atoms with E-state index >= 15 is 0 Å². The molecular formula is C19H21FN2O2. The highest BCUT2D eigenvalue weighted by atomic mass is 19.1. The number of halogens is 1. The van der Waals surface area contributed by atoms with Crippen molar-refractivity contribution in [2.24, 2.45) is 5.92 Å². The second kappa shape index (κ2) is 7.73. The van der Waals surface area contributed by atoms with E-state index in [1.165, 1.54) is 19.1 Å². The van der Waals surface area contributed by atoms with Crippen LogP contribution in [0.4, 0.5) is 10.1 Å². The van der Waals surface area contributed by atoms with E-state index in [0.29, 0.717) is 11.3 Å². The Labute approximate surface area is 141 Å². The van der Waals surface area contributed by atoms with Gasteiger partial charge < -0.3 is 10.6 Å². The van der Waals surface area contributed by atoms with Crippen LogP contribution < -0.4 is 10.6 Å². The van der Waals surface area contributed by atoms with Gasteiger partial charge in [-0.3, -0.25) is 9.59 Å². The largest absolute Gasteiger partial charge is 0.345 e. The van der Waals surface area contributed by atoms with Crippen molar-refractivity contribution in [1.82, 2.24) is 5.32 Å². The van der Waals surface area contributed by atoms with Gasteiger partial charge in [0, 0.05) is 18.2 Å². The smallest absolute Gasteiger partial charge is 0.251 e. The van der Waals surface area contributed by atoms with E-state index in [9.17, 15) is 14.0 Å². The van der Waals surface area contributed by atoms with Crippen LogP contribution in [-0.4, -0.2) is 11.8 Å². The Balaban J connectivity index is 2.19. The minimum atomic E-state index is -0.310. The van der Waals surface area contributed by atoms with Crippen LogP contribution in [0.5, 0.6) is 0 Å². The van der Waals surface area contributed by atoms with Crippen LogP contribution in [0.15, 0.2) is 48.5 Å². The molecular weight excluding hydrogens is 307 g/mol. The highest BCUT2D eigenvalue weighted by Gasteiger charge is 2.19. The van der Waals surface area contributed by atoms with Crippen LogP contribution in [0.25, 0.3) is 0 Å². The monoisotopic (exact) mass is 328 g/mol. The minimum absolute atomic E-state index is 0.137. The van der Waals surface area contributed by atoms with Gasteiger partial charge in [-0.15, -0.1) is 0 Å². The van der Waals surface area contributed by atoms with Gasteiger partial charge in [0.25, 0.3) is 5.91 Å². The lowest BCUT2D eigenvalue weighted by molar-refractivity contribution is -0.114. The van der Waals surface area contributed by atoms with Gasteiger partial charge in [-0.1, -0.05) is 32.0 Å². The summed E-state index contributed by atoms with van der Waals surface area (Å²) in [6.07, 6.45) is 0. The Hall–Kier alpha value is -2.69. The first-order valence-corrected chi connectivity index (χ1v) is 7.81. The summed E-state index contributed by atoms with van der Waals surface area (Å²) in [6, 6.07) is 12.6. The number of rotatable bonds is 5. The fourth-order valence-corrected chi connectivity index (χ4v) is 2.47. The zero-order valence-electron chi connectivity index (χ0n) is 14.0. The molecule has 0 aliphatic rings. The first-order valence-electron chi connectivity index (χ1n) is 7.81. The van der Waals surface area contributed by atoms with E-state index in [2.05, 4.69) is 10.6 Å². The molecule has 0 unspecified atom stereocenters. The quantitative estimate of drug-likeness (QED) is 0.874. The zero-order chi connectivity index (χ0) is 17.7. The van der Waals surface area contributed by atoms with Crippen molar-refractivity contribution in [1.29, 1.82) is 0 Å². The summed E-state index contributed by atoms with van der Waals surface area (Å²) >= 11 is 0. The summed E-state index contributed by atoms with van der Waals surface area (Å²) in [5.74, 6) is -0.613. The lowest BCUT2D eigenvalue weighted by Crippen LogP contribution is -2.31. The lowest BCUT2D eigenvalue weighted by Gasteiger charge is -2.23. The SMILES string of the molecule is CC(=O)Nc1cccc(C(=O)N[C@@H](c2ccc(F)cc2)C(C)C)c1. The molecule has 2 aromatic carbocycles. The molecule has 0 aliphatic carbocycles. The number of carbonyl (C=O) groups is 2. The number of amides is 2. The summed E-state index contributed by atoms with van der Waals surface area (Å²) in [7, 11) is 0. The standard InChI is InChI=1S/C19H21FN2O2/c1-12(2)18(14-7-9-16(20)10-8-14)22-19(24)15-5-4-6-17(11-15)21-13(3)23/h4-12,18H,1-3H3,(H,21,23)(H,22,24)/t18-/m1/s1. The maximum absolute atomic E-state index is 13.1. The van der Waals surface area contributed by atoms with Crippen LogP contribution in [0.1, 0.15) is 42.7 Å². The van der Waals surface area contributed by atoms with Crippen LogP contribution in [-0.2, 0) is 4.79 Å². The van der Waals surface area contributed by atoms with Crippen LogP contribution in [0.2, 0.25) is 0 Å². The van der Waals surface area contributed by atoms with E-state index in [4.69, 9.17) is 0 Å². The molecule has 2 amide bonds. The molecule has 0 saturated heterocycles. The van der Waals surface area contributed by atoms with Crippen molar-refractivity contribution in [3.8, 4) is 0 Å². The summed E-state index contributed by atoms with van der Waals surface area (Å²) in [6.45, 7) is 5.39. The predicted molar refractivity (Wildman–Crippen MR) is 92.2 cm³/mol. The molecule has 0 aliphatic heterocycles. The normalized spacial score (nSPS) is 11.9. The molecule has 0 saturated carbocycles. The lowest BCUT2D eigenvalue weighted by atomic mass is 9.95. The molecule has 4 nitrogen and oxygen atoms in total. The Morgan fingerprint density at radius 3 is 2.29 bits per heavy atom. The van der Waals surface area contributed by atoms with Crippen molar-refractivity contribution in [2.45, 2.75) is 26.8 Å². The van der Waals surface area contributed by atoms with Gasteiger partial charge in [0.2, 0.25) is 5.91 Å². The molecule has 5 heteroatoms. The molecule has 2 aromatic rings. The fourth-order valence-electron chi connectivity index (χ4n) is 2.47. The number of hydrogen-bond acceptors (Lipinski definition) is 2. The maximum atomic E-state index is 13.1. The number of carbonyl (C=O) groups excluding carboxylic acids is 2. The van der Waals surface area contributed by atoms with E-state index in [-0.39, 0.29) is 29.6 Å². The van der Waals surface area contributed by atoms with Gasteiger partial charge in [0.05, 0.1) is 6.04 Å². The summed E-state index contributed by atoms with van der Waals surface area (Å²) in [5.41, 5.74) is 1.87. The van der Waals surface area contributed by atoms with Gasteiger partial charge in [-0.2, -0.15) is 0 Å². The average Bonchev–Trinajstić information content (AvgIpc) is 2.53. The van der Waals surface area contributed by atoms with Gasteiger partial charge in [-0.25, -0.2) is 4.39 Å². The molecule has 2 rings (SSSR count). The number of hydrogen-bond donors (Lipinski definition) is 2. The second-order valence-corrected chi connectivity index (χ2v) is 6.01. The summed E-state index contributed by atoms with van der Waals surface area (Å²) in [5, 5.41) is 5.63. The molecule has 0 bridgehead atoms. The maximum Gasteiger partial charge on any atom is 0.251 e. The van der Waals surface area contributed by atoms with Gasteiger partial charge >= 0.3 is 0 Å². The molecule has 0 aromatic heterocycles. The van der Waals surface area contributed by atoms with Crippen LogP contribution in [0.3, 0.4) is 0 Å². The van der Waals surface area contributed by atoms with E-state index < -0.39 is 0 Å². The van der Waals surface area contributed by atoms with Gasteiger partial charge in [0.15, 0.2) is 0 Å². The topological polar surface area (TPSA) is 58.2 Å².